The average molecular weight is 440 g/mol. The summed E-state index contributed by atoms with van der Waals surface area (Å²) in [7, 11) is 0. The number of hydrogen-bond acceptors (Lipinski definition) is 7. The highest BCUT2D eigenvalue weighted by atomic mass is 32.2. The van der Waals surface area contributed by atoms with Crippen molar-refractivity contribution in [3.8, 4) is 0 Å². The van der Waals surface area contributed by atoms with Crippen molar-refractivity contribution < 1.29 is 28.3 Å². The van der Waals surface area contributed by atoms with E-state index in [1.54, 1.807) is 6.07 Å². The minimum Gasteiger partial charge on any atom is -0.459 e. The lowest BCUT2D eigenvalue weighted by Gasteiger charge is -2.23. The Morgan fingerprint density at radius 3 is 2.60 bits per heavy atom. The van der Waals surface area contributed by atoms with Gasteiger partial charge in [-0.25, -0.2) is 9.59 Å². The van der Waals surface area contributed by atoms with Gasteiger partial charge in [0.25, 0.3) is 11.8 Å². The first-order chi connectivity index (χ1) is 14.4. The van der Waals surface area contributed by atoms with Gasteiger partial charge < -0.3 is 19.8 Å². The van der Waals surface area contributed by atoms with Gasteiger partial charge in [-0.3, -0.25) is 14.9 Å². The molecule has 2 rings (SSSR count). The van der Waals surface area contributed by atoms with Crippen LogP contribution < -0.4 is 16.0 Å². The highest BCUT2D eigenvalue weighted by Crippen LogP contribution is 2.17. The third-order valence-corrected chi connectivity index (χ3v) is 5.43. The van der Waals surface area contributed by atoms with E-state index in [-0.39, 0.29) is 11.8 Å². The number of furan rings is 1. The Bertz CT molecular complexity index is 718. The van der Waals surface area contributed by atoms with Gasteiger partial charge in [0, 0.05) is 6.04 Å². The number of ether oxygens (including phenoxy) is 1. The van der Waals surface area contributed by atoms with Crippen molar-refractivity contribution in [3.05, 3.63) is 24.2 Å². The first-order valence-electron chi connectivity index (χ1n) is 10.1. The van der Waals surface area contributed by atoms with E-state index in [1.807, 2.05) is 6.26 Å². The van der Waals surface area contributed by atoms with Crippen LogP contribution >= 0.6 is 11.8 Å². The Labute approximate surface area is 180 Å². The zero-order valence-electron chi connectivity index (χ0n) is 17.3. The fraction of sp³-hybridized carbons (Fsp3) is 0.600. The number of imide groups is 1. The van der Waals surface area contributed by atoms with E-state index in [2.05, 4.69) is 16.0 Å². The van der Waals surface area contributed by atoms with Crippen molar-refractivity contribution in [2.24, 2.45) is 0 Å². The zero-order valence-corrected chi connectivity index (χ0v) is 18.1. The van der Waals surface area contributed by atoms with Crippen LogP contribution in [0.2, 0.25) is 0 Å². The van der Waals surface area contributed by atoms with Gasteiger partial charge in [0.1, 0.15) is 6.04 Å². The molecule has 0 aliphatic heterocycles. The third kappa shape index (κ3) is 7.74. The third-order valence-electron chi connectivity index (χ3n) is 4.78. The number of carbonyl (C=O) groups is 4. The lowest BCUT2D eigenvalue weighted by atomic mass is 9.96. The second-order valence-electron chi connectivity index (χ2n) is 7.16. The molecule has 1 aliphatic carbocycles. The van der Waals surface area contributed by atoms with Gasteiger partial charge in [-0.15, -0.1) is 0 Å². The van der Waals surface area contributed by atoms with Crippen LogP contribution in [0, 0.1) is 0 Å². The summed E-state index contributed by atoms with van der Waals surface area (Å²) in [5, 5.41) is 7.54. The van der Waals surface area contributed by atoms with E-state index in [9.17, 15) is 19.2 Å². The molecule has 1 aromatic rings. The molecule has 30 heavy (non-hydrogen) atoms. The molecule has 3 N–H and O–H groups in total. The highest BCUT2D eigenvalue weighted by Gasteiger charge is 2.28. The number of amides is 4. The van der Waals surface area contributed by atoms with E-state index in [4.69, 9.17) is 9.15 Å². The molecule has 1 heterocycles. The number of carbonyl (C=O) groups excluding carboxylic acids is 4. The summed E-state index contributed by atoms with van der Waals surface area (Å²) in [6.45, 7) is 1.38. The minimum atomic E-state index is -1.19. The molecule has 10 heteroatoms. The number of thioether (sulfide) groups is 1. The highest BCUT2D eigenvalue weighted by molar-refractivity contribution is 7.98. The largest absolute Gasteiger partial charge is 0.459 e. The van der Waals surface area contributed by atoms with Gasteiger partial charge in [-0.1, -0.05) is 19.3 Å². The number of esters is 1. The molecule has 1 fully saturated rings. The summed E-state index contributed by atoms with van der Waals surface area (Å²) in [6.07, 6.45) is 7.39. The molecule has 2 unspecified atom stereocenters. The molecule has 166 valence electrons. The van der Waals surface area contributed by atoms with Crippen molar-refractivity contribution in [2.45, 2.75) is 63.6 Å². The Balaban J connectivity index is 1.85. The molecule has 4 amide bonds. The summed E-state index contributed by atoms with van der Waals surface area (Å²) in [5.41, 5.74) is 0. The van der Waals surface area contributed by atoms with Gasteiger partial charge >= 0.3 is 12.0 Å². The predicted molar refractivity (Wildman–Crippen MR) is 112 cm³/mol. The number of nitrogens with one attached hydrogen (secondary N) is 3. The van der Waals surface area contributed by atoms with Crippen LogP contribution in [-0.2, 0) is 14.3 Å². The minimum absolute atomic E-state index is 0.0529. The van der Waals surface area contributed by atoms with Crippen LogP contribution in [0.1, 0.15) is 56.0 Å². The topological polar surface area (TPSA) is 127 Å². The summed E-state index contributed by atoms with van der Waals surface area (Å²) in [6, 6.07) is 1.56. The summed E-state index contributed by atoms with van der Waals surface area (Å²) in [5.74, 6) is -1.35. The fourth-order valence-corrected chi connectivity index (χ4v) is 3.59. The van der Waals surface area contributed by atoms with Gasteiger partial charge in [-0.2, -0.15) is 11.8 Å². The molecule has 1 aromatic heterocycles. The van der Waals surface area contributed by atoms with Gasteiger partial charge in [0.2, 0.25) is 0 Å². The van der Waals surface area contributed by atoms with E-state index in [1.165, 1.54) is 31.0 Å². The smallest absolute Gasteiger partial charge is 0.329 e. The number of rotatable bonds is 9. The van der Waals surface area contributed by atoms with E-state index in [0.717, 1.165) is 32.1 Å². The van der Waals surface area contributed by atoms with Crippen LogP contribution in [0.25, 0.3) is 0 Å². The Morgan fingerprint density at radius 2 is 1.97 bits per heavy atom. The lowest BCUT2D eigenvalue weighted by Crippen LogP contribution is -2.49. The van der Waals surface area contributed by atoms with Crippen LogP contribution in [0.3, 0.4) is 0 Å². The Kier molecular flexibility index (Phi) is 9.72. The van der Waals surface area contributed by atoms with Crippen molar-refractivity contribution in [2.75, 3.05) is 12.0 Å². The summed E-state index contributed by atoms with van der Waals surface area (Å²) >= 11 is 1.51. The molecule has 0 bridgehead atoms. The van der Waals surface area contributed by atoms with Gasteiger partial charge in [0.15, 0.2) is 11.9 Å². The van der Waals surface area contributed by atoms with Crippen molar-refractivity contribution in [1.82, 2.24) is 16.0 Å². The second kappa shape index (κ2) is 12.3. The van der Waals surface area contributed by atoms with E-state index in [0.29, 0.717) is 12.2 Å². The van der Waals surface area contributed by atoms with E-state index >= 15 is 0 Å². The second-order valence-corrected chi connectivity index (χ2v) is 8.15. The maximum absolute atomic E-state index is 12.5. The summed E-state index contributed by atoms with van der Waals surface area (Å²) in [4.78, 5) is 48.9. The summed E-state index contributed by atoms with van der Waals surface area (Å²) < 4.78 is 10.2. The molecular formula is C20H29N3O6S. The first kappa shape index (κ1) is 23.8. The molecular weight excluding hydrogens is 410 g/mol. The Hall–Kier alpha value is -2.49. The van der Waals surface area contributed by atoms with E-state index < -0.39 is 36.0 Å². The maximum Gasteiger partial charge on any atom is 0.329 e. The molecule has 0 aromatic carbocycles. The van der Waals surface area contributed by atoms with Crippen molar-refractivity contribution >= 4 is 35.6 Å². The molecule has 0 radical (unpaired) electrons. The number of urea groups is 1. The predicted octanol–water partition coefficient (Wildman–Crippen LogP) is 2.22. The van der Waals surface area contributed by atoms with Crippen LogP contribution in [0.15, 0.2) is 22.8 Å². The average Bonchev–Trinajstić information content (AvgIpc) is 3.26. The maximum atomic E-state index is 12.5. The molecule has 9 nitrogen and oxygen atoms in total. The number of hydrogen-bond donors (Lipinski definition) is 3. The lowest BCUT2D eigenvalue weighted by molar-refractivity contribution is -0.156. The normalized spacial score (nSPS) is 16.2. The molecule has 2 atom stereocenters. The molecule has 0 spiro atoms. The molecule has 1 saturated carbocycles. The fourth-order valence-electron chi connectivity index (χ4n) is 3.11. The van der Waals surface area contributed by atoms with Crippen molar-refractivity contribution in [3.63, 3.8) is 0 Å². The monoisotopic (exact) mass is 439 g/mol. The van der Waals surface area contributed by atoms with Crippen LogP contribution in [0.5, 0.6) is 0 Å². The first-order valence-corrected chi connectivity index (χ1v) is 11.4. The van der Waals surface area contributed by atoms with Crippen molar-refractivity contribution in [1.29, 1.82) is 0 Å². The zero-order chi connectivity index (χ0) is 21.9. The SMILES string of the molecule is CSCCC(NC(=O)c1ccco1)C(=O)OC(C)C(=O)NC(=O)NC1CCCCC1. The van der Waals surface area contributed by atoms with Crippen LogP contribution in [0.4, 0.5) is 4.79 Å². The van der Waals surface area contributed by atoms with Gasteiger partial charge in [-0.05, 0) is 50.3 Å². The standard InChI is InChI=1S/C20H29N3O6S/c1-13(17(24)23-20(27)21-14-7-4-3-5-8-14)29-19(26)15(10-12-30-2)22-18(25)16-9-6-11-28-16/h6,9,11,13-15H,3-5,7-8,10,12H2,1-2H3,(H,22,25)(H2,21,23,24,27). The molecule has 1 aliphatic rings. The Morgan fingerprint density at radius 1 is 1.23 bits per heavy atom. The molecule has 0 saturated heterocycles. The van der Waals surface area contributed by atoms with Crippen LogP contribution in [-0.4, -0.2) is 54.0 Å². The quantitative estimate of drug-likeness (QED) is 0.504. The van der Waals surface area contributed by atoms with Gasteiger partial charge in [0.05, 0.1) is 6.26 Å².